The second-order valence-corrected chi connectivity index (χ2v) is 8.36. The van der Waals surface area contributed by atoms with Gasteiger partial charge in [-0.2, -0.15) is 0 Å². The number of rotatable bonds is 2. The summed E-state index contributed by atoms with van der Waals surface area (Å²) in [6.07, 6.45) is 4.59. The molecule has 1 aliphatic rings. The summed E-state index contributed by atoms with van der Waals surface area (Å²) in [6.45, 7) is 9.31. The number of carbonyl (C=O) groups is 1. The van der Waals surface area contributed by atoms with Crippen LogP contribution < -0.4 is 0 Å². The van der Waals surface area contributed by atoms with E-state index in [-0.39, 0.29) is 16.5 Å². The van der Waals surface area contributed by atoms with Crippen molar-refractivity contribution in [1.29, 1.82) is 0 Å². The lowest BCUT2D eigenvalue weighted by molar-refractivity contribution is 0.0690. The number of fused-ring (bicyclic) bond motifs is 1. The van der Waals surface area contributed by atoms with Crippen molar-refractivity contribution < 1.29 is 9.90 Å². The molecule has 3 nitrogen and oxygen atoms in total. The molecule has 1 N–H and O–H groups in total. The van der Waals surface area contributed by atoms with Gasteiger partial charge in [0.15, 0.2) is 0 Å². The Morgan fingerprint density at radius 3 is 2.38 bits per heavy atom. The number of carboxylic acids is 1. The molecule has 0 spiro atoms. The van der Waals surface area contributed by atoms with Gasteiger partial charge in [0.05, 0.1) is 0 Å². The van der Waals surface area contributed by atoms with Crippen molar-refractivity contribution in [3.63, 3.8) is 0 Å². The van der Waals surface area contributed by atoms with E-state index in [9.17, 15) is 4.79 Å². The third-order valence-corrected chi connectivity index (χ3v) is 5.43. The molecule has 0 radical (unpaired) electrons. The van der Waals surface area contributed by atoms with Gasteiger partial charge in [0.25, 0.3) is 0 Å². The first-order valence-corrected chi connectivity index (χ1v) is 9.01. The Kier molecular flexibility index (Phi) is 4.63. The fraction of sp³-hybridized carbons (Fsp3) is 0.391. The third-order valence-electron chi connectivity index (χ3n) is 5.43. The van der Waals surface area contributed by atoms with Crippen molar-refractivity contribution in [2.75, 3.05) is 0 Å². The second kappa shape index (κ2) is 6.61. The number of aromatic nitrogens is 1. The van der Waals surface area contributed by atoms with Gasteiger partial charge in [0.1, 0.15) is 5.69 Å². The van der Waals surface area contributed by atoms with Crippen molar-refractivity contribution in [2.45, 2.75) is 57.8 Å². The summed E-state index contributed by atoms with van der Waals surface area (Å²) < 4.78 is 0. The van der Waals surface area contributed by atoms with Crippen LogP contribution in [0.3, 0.4) is 0 Å². The number of benzene rings is 1. The van der Waals surface area contributed by atoms with E-state index in [1.807, 2.05) is 0 Å². The molecule has 0 fully saturated rings. The summed E-state index contributed by atoms with van der Waals surface area (Å²) in [5, 5.41) is 8.88. The van der Waals surface area contributed by atoms with Gasteiger partial charge in [-0.05, 0) is 52.5 Å². The summed E-state index contributed by atoms with van der Waals surface area (Å²) >= 11 is 0. The van der Waals surface area contributed by atoms with Crippen molar-refractivity contribution >= 4 is 5.97 Å². The highest BCUT2D eigenvalue weighted by molar-refractivity contribution is 5.85. The molecule has 1 heterocycles. The molecule has 3 heteroatoms. The number of nitrogens with zero attached hydrogens (tertiary/aromatic N) is 1. The van der Waals surface area contributed by atoms with Gasteiger partial charge in [-0.25, -0.2) is 9.78 Å². The Balaban J connectivity index is 1.81. The number of hydrogen-bond donors (Lipinski definition) is 1. The molecule has 0 atom stereocenters. The molecule has 134 valence electrons. The van der Waals surface area contributed by atoms with Gasteiger partial charge in [-0.1, -0.05) is 57.7 Å². The van der Waals surface area contributed by atoms with Gasteiger partial charge < -0.3 is 5.11 Å². The molecule has 0 unspecified atom stereocenters. The Morgan fingerprint density at radius 1 is 1.08 bits per heavy atom. The van der Waals surface area contributed by atoms with E-state index in [1.165, 1.54) is 41.8 Å². The lowest BCUT2D eigenvalue weighted by Gasteiger charge is -2.42. The Morgan fingerprint density at radius 2 is 1.77 bits per heavy atom. The van der Waals surface area contributed by atoms with Gasteiger partial charge in [-0.15, -0.1) is 0 Å². The van der Waals surface area contributed by atoms with Gasteiger partial charge >= 0.3 is 5.97 Å². The van der Waals surface area contributed by atoms with Crippen LogP contribution in [0.4, 0.5) is 0 Å². The van der Waals surface area contributed by atoms with Crippen LogP contribution in [-0.4, -0.2) is 16.1 Å². The fourth-order valence-electron chi connectivity index (χ4n) is 3.59. The molecule has 1 aromatic carbocycles. The molecule has 26 heavy (non-hydrogen) atoms. The van der Waals surface area contributed by atoms with Gasteiger partial charge in [0.2, 0.25) is 0 Å². The van der Waals surface area contributed by atoms with Crippen LogP contribution in [-0.2, 0) is 17.3 Å². The van der Waals surface area contributed by atoms with Crippen LogP contribution in [0.1, 0.15) is 73.3 Å². The number of aromatic carboxylic acids is 1. The summed E-state index contributed by atoms with van der Waals surface area (Å²) in [5.74, 6) is 5.23. The fourth-order valence-corrected chi connectivity index (χ4v) is 3.59. The summed E-state index contributed by atoms with van der Waals surface area (Å²) in [7, 11) is 0. The molecule has 0 saturated heterocycles. The van der Waals surface area contributed by atoms with Crippen LogP contribution in [0.5, 0.6) is 0 Å². The zero-order chi connectivity index (χ0) is 18.9. The number of hydrogen-bond acceptors (Lipinski definition) is 2. The second-order valence-electron chi connectivity index (χ2n) is 8.36. The summed E-state index contributed by atoms with van der Waals surface area (Å²) in [4.78, 5) is 14.7. The lowest BCUT2D eigenvalue weighted by Crippen LogP contribution is -2.33. The maximum Gasteiger partial charge on any atom is 0.354 e. The first-order valence-electron chi connectivity index (χ1n) is 9.01. The lowest BCUT2D eigenvalue weighted by atomic mass is 9.63. The predicted octanol–water partition coefficient (Wildman–Crippen LogP) is 4.72. The van der Waals surface area contributed by atoms with Gasteiger partial charge in [-0.3, -0.25) is 0 Å². The van der Waals surface area contributed by atoms with Crippen LogP contribution >= 0.6 is 0 Å². The van der Waals surface area contributed by atoms with Crippen LogP contribution in [0, 0.1) is 11.8 Å². The number of carboxylic acid groups (broad SMARTS) is 1. The van der Waals surface area contributed by atoms with Crippen LogP contribution in [0.15, 0.2) is 36.5 Å². The maximum atomic E-state index is 10.8. The average Bonchev–Trinajstić information content (AvgIpc) is 2.59. The highest BCUT2D eigenvalue weighted by Crippen LogP contribution is 2.45. The minimum atomic E-state index is -1.02. The van der Waals surface area contributed by atoms with E-state index in [4.69, 9.17) is 5.11 Å². The largest absolute Gasteiger partial charge is 0.477 e. The zero-order valence-corrected chi connectivity index (χ0v) is 15.9. The van der Waals surface area contributed by atoms with Crippen molar-refractivity contribution in [3.8, 4) is 11.8 Å². The molecule has 1 aliphatic carbocycles. The summed E-state index contributed by atoms with van der Waals surface area (Å²) in [6, 6.07) is 9.95. The monoisotopic (exact) mass is 347 g/mol. The van der Waals surface area contributed by atoms with Crippen LogP contribution in [0.2, 0.25) is 0 Å². The highest BCUT2D eigenvalue weighted by atomic mass is 16.4. The Bertz CT molecular complexity index is 896. The zero-order valence-electron chi connectivity index (χ0n) is 15.9. The molecule has 0 aliphatic heterocycles. The SMILES string of the molecule is CC1(C)CCC(C)(C)c2cc(CC#Cc3ccc(C(=O)O)nc3)ccc21. The highest BCUT2D eigenvalue weighted by Gasteiger charge is 2.36. The number of pyridine rings is 1. The standard InChI is InChI=1S/C23H25NO2/c1-22(2)12-13-23(3,4)19-14-16(8-10-18(19)22)6-5-7-17-9-11-20(21(25)26)24-15-17/h8-11,14-15H,6,12-13H2,1-4H3,(H,25,26). The molecular formula is C23H25NO2. The quantitative estimate of drug-likeness (QED) is 0.800. The first-order chi connectivity index (χ1) is 12.2. The Hall–Kier alpha value is -2.60. The van der Waals surface area contributed by atoms with Crippen molar-refractivity contribution in [2.24, 2.45) is 0 Å². The van der Waals surface area contributed by atoms with E-state index in [1.54, 1.807) is 6.07 Å². The topological polar surface area (TPSA) is 50.2 Å². The minimum Gasteiger partial charge on any atom is -0.477 e. The molecule has 0 bridgehead atoms. The normalized spacial score (nSPS) is 16.9. The van der Waals surface area contributed by atoms with Crippen molar-refractivity contribution in [1.82, 2.24) is 4.98 Å². The van der Waals surface area contributed by atoms with Gasteiger partial charge in [0, 0.05) is 18.2 Å². The van der Waals surface area contributed by atoms with Crippen LogP contribution in [0.25, 0.3) is 0 Å². The third kappa shape index (κ3) is 3.65. The molecule has 0 amide bonds. The maximum absolute atomic E-state index is 10.8. The minimum absolute atomic E-state index is 0.0371. The Labute approximate surface area is 155 Å². The first kappa shape index (κ1) is 18.2. The predicted molar refractivity (Wildman–Crippen MR) is 104 cm³/mol. The van der Waals surface area contributed by atoms with E-state index < -0.39 is 5.97 Å². The summed E-state index contributed by atoms with van der Waals surface area (Å²) in [5.41, 5.74) is 5.32. The molecule has 1 aromatic heterocycles. The van der Waals surface area contributed by atoms with E-state index in [0.29, 0.717) is 6.42 Å². The van der Waals surface area contributed by atoms with Crippen molar-refractivity contribution in [3.05, 3.63) is 64.5 Å². The van der Waals surface area contributed by atoms with E-state index in [2.05, 4.69) is 62.7 Å². The van der Waals surface area contributed by atoms with E-state index >= 15 is 0 Å². The molecular weight excluding hydrogens is 322 g/mol. The smallest absolute Gasteiger partial charge is 0.354 e. The van der Waals surface area contributed by atoms with E-state index in [0.717, 1.165) is 5.56 Å². The molecule has 3 rings (SSSR count). The molecule has 2 aromatic rings. The molecule has 0 saturated carbocycles. The average molecular weight is 347 g/mol.